The topological polar surface area (TPSA) is 86.3 Å². The van der Waals surface area contributed by atoms with E-state index in [4.69, 9.17) is 0 Å². The van der Waals surface area contributed by atoms with E-state index in [0.29, 0.717) is 5.75 Å². The van der Waals surface area contributed by atoms with Gasteiger partial charge in [-0.25, -0.2) is 0 Å². The molecule has 4 N–H and O–H groups in total. The fourth-order valence-corrected chi connectivity index (χ4v) is 9.35. The quantitative estimate of drug-likeness (QED) is 0.130. The Balaban J connectivity index is 0.000000151. The number of hydrogen-bond donors (Lipinski definition) is 4. The van der Waals surface area contributed by atoms with Crippen LogP contribution in [0.5, 0.6) is 17.2 Å². The van der Waals surface area contributed by atoms with E-state index in [2.05, 4.69) is 120 Å². The monoisotopic (exact) mass is 953 g/mol. The van der Waals surface area contributed by atoms with E-state index in [1.165, 1.54) is 7.14 Å². The number of aromatic nitrogens is 3. The van der Waals surface area contributed by atoms with Gasteiger partial charge in [0, 0.05) is 56.3 Å². The maximum atomic E-state index is 10.7. The van der Waals surface area contributed by atoms with Crippen LogP contribution in [0, 0.1) is 7.14 Å². The highest BCUT2D eigenvalue weighted by molar-refractivity contribution is 14.1. The average molecular weight is 954 g/mol. The molecule has 272 valence electrons. The van der Waals surface area contributed by atoms with Crippen molar-refractivity contribution < 1.29 is 15.3 Å². The second-order valence-electron chi connectivity index (χ2n) is 13.4. The molecule has 0 spiro atoms. The summed E-state index contributed by atoms with van der Waals surface area (Å²) in [5.74, 6) is 0.892. The Morgan fingerprint density at radius 3 is 1.30 bits per heavy atom. The van der Waals surface area contributed by atoms with Gasteiger partial charge in [0.25, 0.3) is 0 Å². The number of H-pyrrole nitrogens is 1. The van der Waals surface area contributed by atoms with Gasteiger partial charge in [-0.2, -0.15) is 0 Å². The number of phenols is 3. The molecule has 0 amide bonds. The lowest BCUT2D eigenvalue weighted by molar-refractivity contribution is 0.481. The molecule has 0 saturated carbocycles. The maximum Gasteiger partial charge on any atom is 0.125 e. The standard InChI is InChI=1S/C30H20N2O2.C12H9NO.C6H4I2/c33-27-16-6-14-25-29(27)21-10-1-3-12-23(21)31(25)19-8-5-9-20(18-19)32-24-13-4-2-11-22(24)30-26(32)15-7-17-28(30)34;14-11-7-3-6-10-12(11)8-4-1-2-5-9(8)13-10;7-5-2-1-3-6(8)4-5/h1-18,33-34H;1-7,13-14H;1-4H. The lowest BCUT2D eigenvalue weighted by Gasteiger charge is -2.12. The number of halogens is 2. The van der Waals surface area contributed by atoms with Gasteiger partial charge >= 0.3 is 0 Å². The van der Waals surface area contributed by atoms with Crippen LogP contribution >= 0.6 is 45.2 Å². The molecule has 6 nitrogen and oxygen atoms in total. The first-order chi connectivity index (χ1) is 27.4. The smallest absolute Gasteiger partial charge is 0.125 e. The van der Waals surface area contributed by atoms with Crippen molar-refractivity contribution in [1.29, 1.82) is 0 Å². The zero-order valence-corrected chi connectivity index (χ0v) is 34.1. The van der Waals surface area contributed by atoms with Crippen LogP contribution < -0.4 is 0 Å². The number of benzene rings is 8. The van der Waals surface area contributed by atoms with Gasteiger partial charge in [0.15, 0.2) is 0 Å². The van der Waals surface area contributed by atoms with Crippen LogP contribution in [0.1, 0.15) is 0 Å². The molecule has 0 aliphatic carbocycles. The summed E-state index contributed by atoms with van der Waals surface area (Å²) in [5, 5.41) is 36.8. The number of aromatic hydroxyl groups is 3. The number of rotatable bonds is 2. The van der Waals surface area contributed by atoms with Crippen molar-refractivity contribution in [2.24, 2.45) is 0 Å². The number of fused-ring (bicyclic) bond motifs is 9. The largest absolute Gasteiger partial charge is 0.507 e. The Bertz CT molecular complexity index is 3080. The minimum absolute atomic E-state index is 0.279. The zero-order valence-electron chi connectivity index (χ0n) is 29.7. The molecule has 0 fully saturated rings. The Kier molecular flexibility index (Phi) is 9.52. The minimum Gasteiger partial charge on any atom is -0.507 e. The third-order valence-corrected chi connectivity index (χ3v) is 11.3. The van der Waals surface area contributed by atoms with Gasteiger partial charge in [-0.1, -0.05) is 84.9 Å². The summed E-state index contributed by atoms with van der Waals surface area (Å²) in [6.07, 6.45) is 0. The van der Waals surface area contributed by atoms with Crippen LogP contribution in [0.15, 0.2) is 176 Å². The summed E-state index contributed by atoms with van der Waals surface area (Å²) < 4.78 is 6.99. The maximum absolute atomic E-state index is 10.7. The fourth-order valence-electron chi connectivity index (χ4n) is 7.67. The van der Waals surface area contributed by atoms with Crippen molar-refractivity contribution in [3.8, 4) is 28.6 Å². The van der Waals surface area contributed by atoms with Crippen molar-refractivity contribution in [3.63, 3.8) is 0 Å². The summed E-state index contributed by atoms with van der Waals surface area (Å²) in [6.45, 7) is 0. The predicted molar refractivity (Wildman–Crippen MR) is 248 cm³/mol. The first-order valence-corrected chi connectivity index (χ1v) is 20.2. The van der Waals surface area contributed by atoms with Gasteiger partial charge < -0.3 is 29.4 Å². The second-order valence-corrected chi connectivity index (χ2v) is 15.9. The van der Waals surface area contributed by atoms with Crippen molar-refractivity contribution in [3.05, 3.63) is 183 Å². The average Bonchev–Trinajstić information content (AvgIpc) is 3.88. The van der Waals surface area contributed by atoms with Crippen LogP contribution in [0.2, 0.25) is 0 Å². The molecular formula is C48H33I2N3O3. The molecule has 3 heterocycles. The lowest BCUT2D eigenvalue weighted by atomic mass is 10.1. The number of aromatic amines is 1. The van der Waals surface area contributed by atoms with Crippen molar-refractivity contribution in [2.75, 3.05) is 0 Å². The van der Waals surface area contributed by atoms with Gasteiger partial charge in [0.1, 0.15) is 17.2 Å². The number of nitrogens with one attached hydrogen (secondary N) is 1. The lowest BCUT2D eigenvalue weighted by Crippen LogP contribution is -1.98. The Hall–Kier alpha value is -5.98. The highest BCUT2D eigenvalue weighted by Crippen LogP contribution is 2.40. The van der Waals surface area contributed by atoms with Gasteiger partial charge in [-0.15, -0.1) is 0 Å². The van der Waals surface area contributed by atoms with E-state index in [9.17, 15) is 15.3 Å². The van der Waals surface area contributed by atoms with E-state index in [-0.39, 0.29) is 11.5 Å². The molecule has 11 aromatic rings. The van der Waals surface area contributed by atoms with Gasteiger partial charge in [-0.3, -0.25) is 0 Å². The number of hydrogen-bond acceptors (Lipinski definition) is 3. The summed E-state index contributed by atoms with van der Waals surface area (Å²) in [5.41, 5.74) is 8.03. The zero-order chi connectivity index (χ0) is 38.3. The molecule has 11 rings (SSSR count). The summed E-state index contributed by atoms with van der Waals surface area (Å²) in [7, 11) is 0. The van der Waals surface area contributed by atoms with E-state index in [1.807, 2.05) is 97.1 Å². The normalized spacial score (nSPS) is 11.2. The van der Waals surface area contributed by atoms with Crippen molar-refractivity contribution in [2.45, 2.75) is 0 Å². The third-order valence-electron chi connectivity index (χ3n) is 9.99. The SMILES string of the molecule is Ic1cccc(I)c1.Oc1cccc2[nH]c3ccccc3c12.Oc1cccc2c1c1ccccc1n2-c1cccc(-n2c3ccccc3c3c(O)cccc32)c1. The van der Waals surface area contributed by atoms with Crippen molar-refractivity contribution >= 4 is 111 Å². The van der Waals surface area contributed by atoms with Crippen LogP contribution in [-0.2, 0) is 0 Å². The first kappa shape index (κ1) is 35.7. The summed E-state index contributed by atoms with van der Waals surface area (Å²) in [4.78, 5) is 3.26. The molecule has 0 saturated heterocycles. The summed E-state index contributed by atoms with van der Waals surface area (Å²) in [6, 6.07) is 57.9. The van der Waals surface area contributed by atoms with Crippen LogP contribution in [0.25, 0.3) is 76.8 Å². The predicted octanol–water partition coefficient (Wildman–Crippen LogP) is 13.2. The van der Waals surface area contributed by atoms with Crippen LogP contribution in [0.4, 0.5) is 0 Å². The Morgan fingerprint density at radius 1 is 0.357 bits per heavy atom. The number of nitrogens with zero attached hydrogens (tertiary/aromatic N) is 2. The Morgan fingerprint density at radius 2 is 0.768 bits per heavy atom. The van der Waals surface area contributed by atoms with Crippen molar-refractivity contribution in [1.82, 2.24) is 14.1 Å². The molecule has 0 aliphatic heterocycles. The van der Waals surface area contributed by atoms with Gasteiger partial charge in [0.05, 0.1) is 27.6 Å². The van der Waals surface area contributed by atoms with Crippen LogP contribution in [-0.4, -0.2) is 29.4 Å². The molecule has 56 heavy (non-hydrogen) atoms. The molecular weight excluding hydrogens is 920 g/mol. The highest BCUT2D eigenvalue weighted by atomic mass is 127. The summed E-state index contributed by atoms with van der Waals surface area (Å²) >= 11 is 4.60. The Labute approximate surface area is 349 Å². The van der Waals surface area contributed by atoms with Crippen LogP contribution in [0.3, 0.4) is 0 Å². The minimum atomic E-state index is 0.279. The third kappa shape index (κ3) is 6.38. The second kappa shape index (κ2) is 14.9. The highest BCUT2D eigenvalue weighted by Gasteiger charge is 2.18. The van der Waals surface area contributed by atoms with E-state index >= 15 is 0 Å². The number of phenolic OH excluding ortho intramolecular Hbond substituents is 3. The first-order valence-electron chi connectivity index (χ1n) is 18.0. The van der Waals surface area contributed by atoms with E-state index in [0.717, 1.165) is 76.8 Å². The molecule has 0 radical (unpaired) electrons. The van der Waals surface area contributed by atoms with E-state index in [1.54, 1.807) is 18.2 Å². The van der Waals surface area contributed by atoms with Gasteiger partial charge in [-0.05, 0) is 136 Å². The molecule has 0 unspecified atom stereocenters. The molecule has 0 atom stereocenters. The number of para-hydroxylation sites is 3. The molecule has 8 heteroatoms. The van der Waals surface area contributed by atoms with Gasteiger partial charge in [0.2, 0.25) is 0 Å². The molecule has 0 bridgehead atoms. The van der Waals surface area contributed by atoms with E-state index < -0.39 is 0 Å². The molecule has 8 aromatic carbocycles. The molecule has 0 aliphatic rings. The fraction of sp³-hybridized carbons (Fsp3) is 0. The molecule has 3 aromatic heterocycles.